The zero-order valence-corrected chi connectivity index (χ0v) is 25.5. The van der Waals surface area contributed by atoms with Crippen molar-refractivity contribution in [2.75, 3.05) is 46.5 Å². The van der Waals surface area contributed by atoms with Gasteiger partial charge in [-0.2, -0.15) is 5.10 Å². The number of esters is 1. The molecule has 236 valence electrons. The van der Waals surface area contributed by atoms with E-state index in [1.165, 1.54) is 0 Å². The Morgan fingerprint density at radius 3 is 2.84 bits per heavy atom. The molecule has 0 radical (unpaired) electrons. The largest absolute Gasteiger partial charge is 0.493 e. The summed E-state index contributed by atoms with van der Waals surface area (Å²) in [5, 5.41) is 10.4. The second kappa shape index (κ2) is 14.5. The van der Waals surface area contributed by atoms with Gasteiger partial charge in [-0.1, -0.05) is 18.9 Å². The molecule has 1 aliphatic heterocycles. The van der Waals surface area contributed by atoms with E-state index < -0.39 is 5.41 Å². The van der Waals surface area contributed by atoms with Gasteiger partial charge in [-0.25, -0.2) is 9.50 Å². The van der Waals surface area contributed by atoms with Gasteiger partial charge in [0.15, 0.2) is 23.8 Å². The zero-order chi connectivity index (χ0) is 30.9. The SMILES string of the molecule is CCOC(=O)C1(CC2CC2)CNC(=O)CCCN(Cc2cnn3cccnc23)CCNC(=O)COc2cc(ccc2OC)C1. The third-order valence-electron chi connectivity index (χ3n) is 8.21. The number of carbonyl (C=O) groups excluding carboxylic acids is 3. The standard InChI is InChI=1S/C32H42N6O6/c1-3-43-31(41)32(17-23-7-8-23)18-24-9-10-26(42-2)27(16-24)44-21-29(40)33-12-15-37(13-4-6-28(39)35-22-32)20-25-19-36-38-14-5-11-34-30(25)38/h5,9-11,14,16,19,23H,3-4,6-8,12-13,15,17-18,20-22H2,1-2H3,(H,33,40)(H,35,39). The highest BCUT2D eigenvalue weighted by molar-refractivity contribution is 5.81. The molecular weight excluding hydrogens is 564 g/mol. The minimum atomic E-state index is -0.927. The van der Waals surface area contributed by atoms with Crippen molar-refractivity contribution in [3.63, 3.8) is 0 Å². The fourth-order valence-corrected chi connectivity index (χ4v) is 5.79. The van der Waals surface area contributed by atoms with E-state index >= 15 is 0 Å². The molecular formula is C32H42N6O6. The van der Waals surface area contributed by atoms with E-state index in [0.717, 1.165) is 29.6 Å². The van der Waals surface area contributed by atoms with Gasteiger partial charge in [0.05, 0.1) is 25.3 Å². The van der Waals surface area contributed by atoms with Crippen LogP contribution in [-0.4, -0.2) is 83.8 Å². The average Bonchev–Trinajstić information content (AvgIpc) is 3.75. The van der Waals surface area contributed by atoms with Gasteiger partial charge in [0.2, 0.25) is 5.91 Å². The van der Waals surface area contributed by atoms with E-state index in [1.807, 2.05) is 24.4 Å². The highest BCUT2D eigenvalue weighted by Crippen LogP contribution is 2.43. The lowest BCUT2D eigenvalue weighted by molar-refractivity contribution is -0.156. The molecule has 2 bridgehead atoms. The lowest BCUT2D eigenvalue weighted by atomic mass is 9.76. The van der Waals surface area contributed by atoms with Gasteiger partial charge in [0.25, 0.3) is 5.91 Å². The van der Waals surface area contributed by atoms with Crippen LogP contribution >= 0.6 is 0 Å². The van der Waals surface area contributed by atoms with Crippen LogP contribution in [0, 0.1) is 11.3 Å². The Hall–Kier alpha value is -4.19. The van der Waals surface area contributed by atoms with Gasteiger partial charge < -0.3 is 24.8 Å². The molecule has 5 rings (SSSR count). The summed E-state index contributed by atoms with van der Waals surface area (Å²) in [7, 11) is 1.54. The molecule has 2 amide bonds. The van der Waals surface area contributed by atoms with Crippen LogP contribution in [0.15, 0.2) is 42.9 Å². The van der Waals surface area contributed by atoms with E-state index in [9.17, 15) is 14.4 Å². The number of methoxy groups -OCH3 is 1. The summed E-state index contributed by atoms with van der Waals surface area (Å²) in [4.78, 5) is 46.1. The van der Waals surface area contributed by atoms with Gasteiger partial charge in [-0.3, -0.25) is 19.3 Å². The van der Waals surface area contributed by atoms with E-state index in [1.54, 1.807) is 37.0 Å². The molecule has 2 N–H and O–H groups in total. The number of nitrogens with zero attached hydrogens (tertiary/aromatic N) is 4. The molecule has 1 saturated carbocycles. The molecule has 0 saturated heterocycles. The molecule has 1 fully saturated rings. The van der Waals surface area contributed by atoms with Crippen molar-refractivity contribution in [3.8, 4) is 11.5 Å². The molecule has 1 unspecified atom stereocenters. The van der Waals surface area contributed by atoms with Crippen molar-refractivity contribution in [2.24, 2.45) is 11.3 Å². The molecule has 1 aliphatic carbocycles. The van der Waals surface area contributed by atoms with Gasteiger partial charge in [0.1, 0.15) is 0 Å². The van der Waals surface area contributed by atoms with Crippen LogP contribution in [-0.2, 0) is 32.1 Å². The first-order valence-electron chi connectivity index (χ1n) is 15.4. The van der Waals surface area contributed by atoms with E-state index in [-0.39, 0.29) is 37.5 Å². The van der Waals surface area contributed by atoms with Crippen LogP contribution in [0.2, 0.25) is 0 Å². The monoisotopic (exact) mass is 606 g/mol. The first kappa shape index (κ1) is 31.2. The van der Waals surface area contributed by atoms with Crippen LogP contribution in [0.25, 0.3) is 5.65 Å². The van der Waals surface area contributed by atoms with Gasteiger partial charge >= 0.3 is 5.97 Å². The van der Waals surface area contributed by atoms with Crippen LogP contribution in [0.3, 0.4) is 0 Å². The fourth-order valence-electron chi connectivity index (χ4n) is 5.79. The Morgan fingerprint density at radius 1 is 1.18 bits per heavy atom. The zero-order valence-electron chi connectivity index (χ0n) is 25.5. The number of hydrogen-bond donors (Lipinski definition) is 2. The molecule has 12 nitrogen and oxygen atoms in total. The van der Waals surface area contributed by atoms with E-state index in [4.69, 9.17) is 14.2 Å². The van der Waals surface area contributed by atoms with Gasteiger partial charge in [-0.15, -0.1) is 0 Å². The summed E-state index contributed by atoms with van der Waals surface area (Å²) in [6.45, 7) is 4.20. The number of hydrogen-bond acceptors (Lipinski definition) is 9. The second-order valence-electron chi connectivity index (χ2n) is 11.7. The first-order chi connectivity index (χ1) is 21.4. The van der Waals surface area contributed by atoms with Crippen molar-refractivity contribution < 1.29 is 28.6 Å². The number of fused-ring (bicyclic) bond motifs is 3. The molecule has 12 heteroatoms. The summed E-state index contributed by atoms with van der Waals surface area (Å²) in [5.74, 6) is 0.630. The van der Waals surface area contributed by atoms with Crippen LogP contribution in [0.4, 0.5) is 0 Å². The average molecular weight is 607 g/mol. The van der Waals surface area contributed by atoms with Crippen LogP contribution in [0.5, 0.6) is 11.5 Å². The fraction of sp³-hybridized carbons (Fsp3) is 0.531. The Balaban J connectivity index is 1.38. The normalized spacial score (nSPS) is 21.0. The maximum Gasteiger partial charge on any atom is 0.314 e. The van der Waals surface area contributed by atoms with E-state index in [2.05, 4.69) is 25.6 Å². The number of ether oxygens (including phenoxy) is 3. The number of rotatable bonds is 7. The summed E-state index contributed by atoms with van der Waals surface area (Å²) < 4.78 is 18.7. The Kier molecular flexibility index (Phi) is 10.3. The quantitative estimate of drug-likeness (QED) is 0.389. The Morgan fingerprint density at radius 2 is 2.05 bits per heavy atom. The Bertz CT molecular complexity index is 1460. The Labute approximate surface area is 257 Å². The molecule has 0 spiro atoms. The summed E-state index contributed by atoms with van der Waals surface area (Å²) >= 11 is 0. The highest BCUT2D eigenvalue weighted by Gasteiger charge is 2.44. The molecule has 44 heavy (non-hydrogen) atoms. The van der Waals surface area contributed by atoms with Crippen LogP contribution < -0.4 is 20.1 Å². The molecule has 3 aromatic rings. The number of carbonyl (C=O) groups is 3. The minimum absolute atomic E-state index is 0.111. The number of benzene rings is 1. The third kappa shape index (κ3) is 8.04. The lowest BCUT2D eigenvalue weighted by Crippen LogP contribution is -2.46. The topological polar surface area (TPSA) is 136 Å². The molecule has 3 heterocycles. The maximum atomic E-state index is 13.6. The third-order valence-corrected chi connectivity index (χ3v) is 8.21. The molecule has 2 aliphatic rings. The summed E-state index contributed by atoms with van der Waals surface area (Å²) in [6.07, 6.45) is 9.37. The van der Waals surface area contributed by atoms with Crippen molar-refractivity contribution in [2.45, 2.75) is 52.0 Å². The smallest absolute Gasteiger partial charge is 0.314 e. The second-order valence-corrected chi connectivity index (χ2v) is 11.7. The summed E-state index contributed by atoms with van der Waals surface area (Å²) in [6, 6.07) is 7.30. The number of aromatic nitrogens is 3. The lowest BCUT2D eigenvalue weighted by Gasteiger charge is -2.32. The van der Waals surface area contributed by atoms with Crippen molar-refractivity contribution in [1.82, 2.24) is 30.1 Å². The molecule has 1 atom stereocenters. The minimum Gasteiger partial charge on any atom is -0.493 e. The maximum absolute atomic E-state index is 13.6. The highest BCUT2D eigenvalue weighted by atomic mass is 16.5. The summed E-state index contributed by atoms with van der Waals surface area (Å²) in [5.41, 5.74) is 1.63. The van der Waals surface area contributed by atoms with E-state index in [0.29, 0.717) is 69.3 Å². The predicted octanol–water partition coefficient (Wildman–Crippen LogP) is 2.54. The number of amides is 2. The van der Waals surface area contributed by atoms with Gasteiger partial charge in [0, 0.05) is 50.6 Å². The van der Waals surface area contributed by atoms with Crippen molar-refractivity contribution in [1.29, 1.82) is 0 Å². The molecule has 1 aromatic carbocycles. The predicted molar refractivity (Wildman–Crippen MR) is 162 cm³/mol. The first-order valence-corrected chi connectivity index (χ1v) is 15.4. The van der Waals surface area contributed by atoms with Crippen molar-refractivity contribution >= 4 is 23.4 Å². The number of nitrogens with one attached hydrogen (secondary N) is 2. The molecule has 2 aromatic heterocycles. The van der Waals surface area contributed by atoms with Crippen molar-refractivity contribution in [3.05, 3.63) is 54.0 Å². The van der Waals surface area contributed by atoms with Gasteiger partial charge in [-0.05, 0) is 62.4 Å². The van der Waals surface area contributed by atoms with Crippen LogP contribution in [0.1, 0.15) is 50.2 Å².